The molecule has 1 heterocycles. The number of amides is 1. The number of hydrogen-bond donors (Lipinski definition) is 1. The van der Waals surface area contributed by atoms with Gasteiger partial charge in [0.25, 0.3) is 0 Å². The Bertz CT molecular complexity index is 931. The number of carbonyl (C=O) groups is 1. The van der Waals surface area contributed by atoms with E-state index in [2.05, 4.69) is 4.72 Å². The second-order valence-corrected chi connectivity index (χ2v) is 8.32. The van der Waals surface area contributed by atoms with Crippen molar-refractivity contribution in [2.75, 3.05) is 33.4 Å². The standard InChI is InChI=1S/C20H24N2O5S/c1-15-8-9-17(26-2)19(12-15)28(24,25)21-13-20(23)22-10-11-27-18(14-22)16-6-4-3-5-7-16/h3-9,12,18,21H,10-11,13-14H2,1-2H3. The molecule has 1 fully saturated rings. The second kappa shape index (κ2) is 8.72. The molecule has 1 aliphatic rings. The average Bonchev–Trinajstić information content (AvgIpc) is 2.73. The van der Waals surface area contributed by atoms with Gasteiger partial charge in [0, 0.05) is 6.54 Å². The SMILES string of the molecule is COc1ccc(C)cc1S(=O)(=O)NCC(=O)N1CCOC(c2ccccc2)C1. The van der Waals surface area contributed by atoms with Crippen LogP contribution < -0.4 is 9.46 Å². The Morgan fingerprint density at radius 2 is 2.00 bits per heavy atom. The molecule has 0 aliphatic carbocycles. The highest BCUT2D eigenvalue weighted by atomic mass is 32.2. The molecule has 0 spiro atoms. The van der Waals surface area contributed by atoms with Crippen molar-refractivity contribution >= 4 is 15.9 Å². The van der Waals surface area contributed by atoms with E-state index >= 15 is 0 Å². The molecule has 1 N–H and O–H groups in total. The van der Waals surface area contributed by atoms with Crippen molar-refractivity contribution in [2.45, 2.75) is 17.9 Å². The fraction of sp³-hybridized carbons (Fsp3) is 0.350. The molecule has 2 aromatic rings. The maximum atomic E-state index is 12.7. The zero-order valence-corrected chi connectivity index (χ0v) is 16.7. The van der Waals surface area contributed by atoms with Crippen molar-refractivity contribution in [1.82, 2.24) is 9.62 Å². The van der Waals surface area contributed by atoms with Crippen molar-refractivity contribution in [3.63, 3.8) is 0 Å². The van der Waals surface area contributed by atoms with E-state index in [0.717, 1.165) is 11.1 Å². The van der Waals surface area contributed by atoms with Crippen LogP contribution in [-0.2, 0) is 19.6 Å². The monoisotopic (exact) mass is 404 g/mol. The molecule has 1 aliphatic heterocycles. The number of hydrogen-bond acceptors (Lipinski definition) is 5. The summed E-state index contributed by atoms with van der Waals surface area (Å²) in [4.78, 5) is 14.2. The number of rotatable bonds is 6. The van der Waals surface area contributed by atoms with Crippen LogP contribution in [0.1, 0.15) is 17.2 Å². The van der Waals surface area contributed by atoms with Gasteiger partial charge in [-0.2, -0.15) is 0 Å². The third kappa shape index (κ3) is 4.70. The molecule has 8 heteroatoms. The fourth-order valence-electron chi connectivity index (χ4n) is 3.09. The Morgan fingerprint density at radius 3 is 2.71 bits per heavy atom. The van der Waals surface area contributed by atoms with Crippen molar-refractivity contribution in [3.05, 3.63) is 59.7 Å². The van der Waals surface area contributed by atoms with Crippen molar-refractivity contribution in [1.29, 1.82) is 0 Å². The van der Waals surface area contributed by atoms with Crippen LogP contribution in [0.15, 0.2) is 53.4 Å². The molecule has 2 aromatic carbocycles. The molecule has 0 saturated carbocycles. The molecule has 0 aromatic heterocycles. The Balaban J connectivity index is 1.65. The van der Waals surface area contributed by atoms with E-state index < -0.39 is 10.0 Å². The summed E-state index contributed by atoms with van der Waals surface area (Å²) in [7, 11) is -2.47. The van der Waals surface area contributed by atoms with Crippen molar-refractivity contribution < 1.29 is 22.7 Å². The number of carbonyl (C=O) groups excluding carboxylic acids is 1. The van der Waals surface area contributed by atoms with Gasteiger partial charge in [0.2, 0.25) is 15.9 Å². The zero-order chi connectivity index (χ0) is 20.1. The van der Waals surface area contributed by atoms with Gasteiger partial charge in [-0.3, -0.25) is 4.79 Å². The predicted molar refractivity (Wildman–Crippen MR) is 105 cm³/mol. The molecule has 28 heavy (non-hydrogen) atoms. The quantitative estimate of drug-likeness (QED) is 0.795. The smallest absolute Gasteiger partial charge is 0.244 e. The van der Waals surface area contributed by atoms with Crippen LogP contribution in [0.3, 0.4) is 0 Å². The minimum Gasteiger partial charge on any atom is -0.495 e. The molecule has 1 unspecified atom stereocenters. The van der Waals surface area contributed by atoms with Crippen LogP contribution in [0.2, 0.25) is 0 Å². The van der Waals surface area contributed by atoms with E-state index in [1.165, 1.54) is 13.2 Å². The number of methoxy groups -OCH3 is 1. The lowest BCUT2D eigenvalue weighted by molar-refractivity contribution is -0.137. The highest BCUT2D eigenvalue weighted by Gasteiger charge is 2.27. The van der Waals surface area contributed by atoms with E-state index in [9.17, 15) is 13.2 Å². The maximum Gasteiger partial charge on any atom is 0.244 e. The Morgan fingerprint density at radius 1 is 1.25 bits per heavy atom. The van der Waals surface area contributed by atoms with Crippen LogP contribution in [0.25, 0.3) is 0 Å². The number of nitrogens with one attached hydrogen (secondary N) is 1. The van der Waals surface area contributed by atoms with Crippen LogP contribution in [0.4, 0.5) is 0 Å². The zero-order valence-electron chi connectivity index (χ0n) is 15.9. The number of nitrogens with zero attached hydrogens (tertiary/aromatic N) is 1. The lowest BCUT2D eigenvalue weighted by Gasteiger charge is -2.33. The van der Waals surface area contributed by atoms with Crippen molar-refractivity contribution in [2.24, 2.45) is 0 Å². The first-order valence-electron chi connectivity index (χ1n) is 8.99. The van der Waals surface area contributed by atoms with Gasteiger partial charge in [-0.1, -0.05) is 36.4 Å². The summed E-state index contributed by atoms with van der Waals surface area (Å²) in [5.74, 6) is -0.0551. The van der Waals surface area contributed by atoms with Gasteiger partial charge < -0.3 is 14.4 Å². The van der Waals surface area contributed by atoms with Crippen LogP contribution in [0.5, 0.6) is 5.75 Å². The number of benzene rings is 2. The Labute approximate surface area is 165 Å². The van der Waals surface area contributed by atoms with Gasteiger partial charge in [-0.05, 0) is 30.2 Å². The second-order valence-electron chi connectivity index (χ2n) is 6.59. The van der Waals surface area contributed by atoms with Crippen LogP contribution in [-0.4, -0.2) is 52.6 Å². The highest BCUT2D eigenvalue weighted by molar-refractivity contribution is 7.89. The molecule has 0 radical (unpaired) electrons. The summed E-state index contributed by atoms with van der Waals surface area (Å²) >= 11 is 0. The summed E-state index contributed by atoms with van der Waals surface area (Å²) in [6, 6.07) is 14.5. The molecule has 7 nitrogen and oxygen atoms in total. The van der Waals surface area contributed by atoms with Gasteiger partial charge in [0.15, 0.2) is 0 Å². The maximum absolute atomic E-state index is 12.7. The Hall–Kier alpha value is -2.42. The summed E-state index contributed by atoms with van der Waals surface area (Å²) in [6.45, 7) is 2.70. The lowest BCUT2D eigenvalue weighted by atomic mass is 10.1. The van der Waals surface area contributed by atoms with Gasteiger partial charge in [-0.25, -0.2) is 13.1 Å². The third-order valence-corrected chi connectivity index (χ3v) is 6.04. The van der Waals surface area contributed by atoms with E-state index in [-0.39, 0.29) is 29.2 Å². The minimum atomic E-state index is -3.88. The number of morpholine rings is 1. The first-order chi connectivity index (χ1) is 13.4. The number of sulfonamides is 1. The van der Waals surface area contributed by atoms with Crippen LogP contribution in [0, 0.1) is 6.92 Å². The van der Waals surface area contributed by atoms with Gasteiger partial charge in [-0.15, -0.1) is 0 Å². The summed E-state index contributed by atoms with van der Waals surface area (Å²) in [5.41, 5.74) is 1.77. The average molecular weight is 404 g/mol. The number of aryl methyl sites for hydroxylation is 1. The van der Waals surface area contributed by atoms with E-state index in [0.29, 0.717) is 19.7 Å². The first kappa shape index (κ1) is 20.3. The van der Waals surface area contributed by atoms with Crippen LogP contribution >= 0.6 is 0 Å². The molecular weight excluding hydrogens is 380 g/mol. The van der Waals surface area contributed by atoms with Gasteiger partial charge in [0.1, 0.15) is 16.7 Å². The largest absolute Gasteiger partial charge is 0.495 e. The molecule has 1 saturated heterocycles. The van der Waals surface area contributed by atoms with Gasteiger partial charge >= 0.3 is 0 Å². The molecule has 3 rings (SSSR count). The minimum absolute atomic E-state index is 0.0203. The highest BCUT2D eigenvalue weighted by Crippen LogP contribution is 2.25. The summed E-state index contributed by atoms with van der Waals surface area (Å²) < 4.78 is 38.6. The van der Waals surface area contributed by atoms with E-state index in [1.807, 2.05) is 30.3 Å². The van der Waals surface area contributed by atoms with Crippen molar-refractivity contribution in [3.8, 4) is 5.75 Å². The fourth-order valence-corrected chi connectivity index (χ4v) is 4.31. The third-order valence-electron chi connectivity index (χ3n) is 4.61. The molecule has 150 valence electrons. The first-order valence-corrected chi connectivity index (χ1v) is 10.5. The number of ether oxygens (including phenoxy) is 2. The molecular formula is C20H24N2O5S. The van der Waals surface area contributed by atoms with Gasteiger partial charge in [0.05, 0.1) is 26.8 Å². The lowest BCUT2D eigenvalue weighted by Crippen LogP contribution is -2.46. The Kier molecular flexibility index (Phi) is 6.33. The predicted octanol–water partition coefficient (Wildman–Crippen LogP) is 1.88. The molecule has 1 amide bonds. The van der Waals surface area contributed by atoms with E-state index in [4.69, 9.17) is 9.47 Å². The summed E-state index contributed by atoms with van der Waals surface area (Å²) in [6.07, 6.45) is -0.215. The topological polar surface area (TPSA) is 84.9 Å². The molecule has 0 bridgehead atoms. The molecule has 1 atom stereocenters. The van der Waals surface area contributed by atoms with E-state index in [1.54, 1.807) is 24.0 Å². The normalized spacial score (nSPS) is 17.4. The summed E-state index contributed by atoms with van der Waals surface area (Å²) in [5, 5.41) is 0.